The molecule has 6 heteroatoms. The van der Waals surface area contributed by atoms with Crippen LogP contribution in [0.5, 0.6) is 0 Å². The molecular weight excluding hydrogens is 829 g/mol. The molecule has 0 amide bonds. The summed E-state index contributed by atoms with van der Waals surface area (Å²) in [6, 6.07) is 0. The smallest absolute Gasteiger partial charge is 0.306 e. The minimum absolute atomic E-state index is 0.112. The van der Waals surface area contributed by atoms with Crippen molar-refractivity contribution in [2.75, 3.05) is 13.2 Å². The molecule has 67 heavy (non-hydrogen) atoms. The fraction of sp³-hybridized carbons (Fsp3) is 0.656. The van der Waals surface area contributed by atoms with E-state index >= 15 is 0 Å². The molecule has 0 saturated heterocycles. The number of hydrogen-bond acceptors (Lipinski definition) is 6. The highest BCUT2D eigenvalue weighted by Gasteiger charge is 2.19. The summed E-state index contributed by atoms with van der Waals surface area (Å²) in [4.78, 5) is 38.0. The molecule has 0 aromatic carbocycles. The molecule has 0 heterocycles. The predicted octanol–water partition coefficient (Wildman–Crippen LogP) is 18.3. The van der Waals surface area contributed by atoms with E-state index in [0.717, 1.165) is 103 Å². The predicted molar refractivity (Wildman–Crippen MR) is 288 cm³/mol. The number of allylic oxidation sites excluding steroid dienone is 18. The second kappa shape index (κ2) is 54.7. The van der Waals surface area contributed by atoms with Crippen molar-refractivity contribution in [1.29, 1.82) is 0 Å². The highest BCUT2D eigenvalue weighted by atomic mass is 16.6. The van der Waals surface area contributed by atoms with Crippen LogP contribution in [0.3, 0.4) is 0 Å². The van der Waals surface area contributed by atoms with Gasteiger partial charge in [0.2, 0.25) is 0 Å². The molecule has 6 nitrogen and oxygen atoms in total. The molecule has 1 atom stereocenters. The summed E-state index contributed by atoms with van der Waals surface area (Å²) < 4.78 is 16.7. The van der Waals surface area contributed by atoms with Gasteiger partial charge in [0.15, 0.2) is 6.10 Å². The van der Waals surface area contributed by atoms with Crippen molar-refractivity contribution in [3.8, 4) is 0 Å². The van der Waals surface area contributed by atoms with Gasteiger partial charge >= 0.3 is 17.9 Å². The Balaban J connectivity index is 4.49. The van der Waals surface area contributed by atoms with E-state index in [-0.39, 0.29) is 37.5 Å². The summed E-state index contributed by atoms with van der Waals surface area (Å²) in [7, 11) is 0. The van der Waals surface area contributed by atoms with Crippen LogP contribution < -0.4 is 0 Å². The second-order valence-corrected chi connectivity index (χ2v) is 17.7. The zero-order valence-corrected chi connectivity index (χ0v) is 43.4. The van der Waals surface area contributed by atoms with Crippen molar-refractivity contribution in [3.05, 3.63) is 109 Å². The average Bonchev–Trinajstić information content (AvgIpc) is 3.33. The Kier molecular flexibility index (Phi) is 51.5. The van der Waals surface area contributed by atoms with Crippen LogP contribution in [-0.4, -0.2) is 37.2 Å². The molecule has 0 aliphatic carbocycles. The summed E-state index contributed by atoms with van der Waals surface area (Å²) in [5.41, 5.74) is 0. The summed E-state index contributed by atoms with van der Waals surface area (Å²) in [6.45, 7) is 6.38. The first-order valence-electron chi connectivity index (χ1n) is 27.4. The lowest BCUT2D eigenvalue weighted by Crippen LogP contribution is -2.30. The standard InChI is InChI=1S/C61H100O6/c1-4-7-10-13-16-19-22-25-27-29-30-32-33-36-39-42-45-48-51-54-60(63)66-57-58(56-65-59(62)53-50-47-44-41-38-35-24-21-18-15-12-9-6-3)67-61(64)55-52-49-46-43-40-37-34-31-28-26-23-20-17-14-11-8-5-2/h9,12,16-21,25-28,30,32,35,38,44,47,58H,4-8,10-11,13-15,22-24,29,31,33-34,36-37,39-43,45-46,48-57H2,1-3H3/b12-9-,19-16-,20-17-,21-18-,27-25-,28-26-,32-30-,38-35-,47-44-. The maximum atomic E-state index is 12.8. The third-order valence-electron chi connectivity index (χ3n) is 11.2. The van der Waals surface area contributed by atoms with Crippen LogP contribution in [0.25, 0.3) is 0 Å². The molecule has 380 valence electrons. The summed E-state index contributed by atoms with van der Waals surface area (Å²) in [5, 5.41) is 0. The molecule has 0 saturated carbocycles. The number of hydrogen-bond donors (Lipinski definition) is 0. The molecule has 0 N–H and O–H groups in total. The molecule has 0 aliphatic rings. The number of esters is 3. The Morgan fingerprint density at radius 1 is 0.313 bits per heavy atom. The number of unbranched alkanes of at least 4 members (excludes halogenated alkanes) is 19. The quantitative estimate of drug-likeness (QED) is 0.0262. The van der Waals surface area contributed by atoms with Crippen molar-refractivity contribution in [3.63, 3.8) is 0 Å². The third kappa shape index (κ3) is 52.9. The molecular formula is C61H100O6. The van der Waals surface area contributed by atoms with Gasteiger partial charge in [-0.1, -0.05) is 214 Å². The van der Waals surface area contributed by atoms with Crippen molar-refractivity contribution in [2.45, 2.75) is 245 Å². The van der Waals surface area contributed by atoms with Crippen LogP contribution in [0, 0.1) is 0 Å². The van der Waals surface area contributed by atoms with Crippen molar-refractivity contribution < 1.29 is 28.6 Å². The van der Waals surface area contributed by atoms with Crippen LogP contribution in [0.15, 0.2) is 109 Å². The van der Waals surface area contributed by atoms with Crippen LogP contribution in [-0.2, 0) is 28.6 Å². The fourth-order valence-electron chi connectivity index (χ4n) is 7.14. The molecule has 0 rings (SSSR count). The summed E-state index contributed by atoms with van der Waals surface area (Å²) >= 11 is 0. The van der Waals surface area contributed by atoms with Gasteiger partial charge in [0.05, 0.1) is 0 Å². The van der Waals surface area contributed by atoms with Gasteiger partial charge in [0, 0.05) is 19.3 Å². The molecule has 0 bridgehead atoms. The van der Waals surface area contributed by atoms with Gasteiger partial charge in [-0.3, -0.25) is 14.4 Å². The molecule has 0 aromatic heterocycles. The van der Waals surface area contributed by atoms with Gasteiger partial charge in [-0.15, -0.1) is 0 Å². The minimum atomic E-state index is -0.819. The van der Waals surface area contributed by atoms with Gasteiger partial charge < -0.3 is 14.2 Å². The summed E-state index contributed by atoms with van der Waals surface area (Å²) in [6.07, 6.45) is 73.7. The lowest BCUT2D eigenvalue weighted by Gasteiger charge is -2.18. The molecule has 1 unspecified atom stereocenters. The highest BCUT2D eigenvalue weighted by molar-refractivity contribution is 5.71. The number of carbonyl (C=O) groups excluding carboxylic acids is 3. The monoisotopic (exact) mass is 929 g/mol. The molecule has 0 radical (unpaired) electrons. The maximum Gasteiger partial charge on any atom is 0.306 e. The fourth-order valence-corrected chi connectivity index (χ4v) is 7.14. The van der Waals surface area contributed by atoms with Gasteiger partial charge in [-0.25, -0.2) is 0 Å². The van der Waals surface area contributed by atoms with E-state index in [1.807, 2.05) is 12.2 Å². The SMILES string of the molecule is CC/C=C\C/C=C\C/C=C\C/C=C\CCC(=O)OCC(COC(=O)CCCCCCCC/C=C\C/C=C\C/C=C\CCCCC)OC(=O)CCCCCCCCC/C=C\C/C=C\CCCCC. The largest absolute Gasteiger partial charge is 0.462 e. The Labute approximate surface area is 412 Å². The number of ether oxygens (including phenoxy) is 3. The second-order valence-electron chi connectivity index (χ2n) is 17.7. The van der Waals surface area contributed by atoms with Gasteiger partial charge in [0.25, 0.3) is 0 Å². The number of carbonyl (C=O) groups is 3. The zero-order valence-electron chi connectivity index (χ0n) is 43.4. The average molecular weight is 929 g/mol. The molecule has 0 spiro atoms. The van der Waals surface area contributed by atoms with E-state index in [4.69, 9.17) is 14.2 Å². The van der Waals surface area contributed by atoms with Crippen molar-refractivity contribution in [2.24, 2.45) is 0 Å². The van der Waals surface area contributed by atoms with Crippen LogP contribution in [0.1, 0.15) is 239 Å². The van der Waals surface area contributed by atoms with E-state index in [2.05, 4.69) is 118 Å². The van der Waals surface area contributed by atoms with Crippen LogP contribution in [0.2, 0.25) is 0 Å². The Morgan fingerprint density at radius 3 is 1.00 bits per heavy atom. The summed E-state index contributed by atoms with van der Waals surface area (Å²) in [5.74, 6) is -1.02. The Morgan fingerprint density at radius 2 is 0.612 bits per heavy atom. The van der Waals surface area contributed by atoms with E-state index < -0.39 is 6.10 Å². The van der Waals surface area contributed by atoms with Gasteiger partial charge in [-0.2, -0.15) is 0 Å². The first-order valence-corrected chi connectivity index (χ1v) is 27.4. The Hall–Kier alpha value is -3.93. The molecule has 0 aromatic rings. The minimum Gasteiger partial charge on any atom is -0.462 e. The van der Waals surface area contributed by atoms with Gasteiger partial charge in [0.1, 0.15) is 13.2 Å². The van der Waals surface area contributed by atoms with Gasteiger partial charge in [-0.05, 0) is 116 Å². The van der Waals surface area contributed by atoms with Crippen LogP contribution in [0.4, 0.5) is 0 Å². The van der Waals surface area contributed by atoms with Crippen LogP contribution >= 0.6 is 0 Å². The lowest BCUT2D eigenvalue weighted by atomic mass is 10.1. The first kappa shape index (κ1) is 63.1. The normalized spacial score (nSPS) is 12.9. The maximum absolute atomic E-state index is 12.8. The van der Waals surface area contributed by atoms with E-state index in [9.17, 15) is 14.4 Å². The topological polar surface area (TPSA) is 78.9 Å². The Bertz CT molecular complexity index is 1390. The van der Waals surface area contributed by atoms with Crippen molar-refractivity contribution >= 4 is 17.9 Å². The first-order chi connectivity index (χ1) is 33.0. The van der Waals surface area contributed by atoms with E-state index in [1.165, 1.54) is 89.9 Å². The lowest BCUT2D eigenvalue weighted by molar-refractivity contribution is -0.166. The molecule has 0 aliphatic heterocycles. The van der Waals surface area contributed by atoms with E-state index in [1.54, 1.807) is 0 Å². The number of rotatable bonds is 48. The van der Waals surface area contributed by atoms with Crippen molar-refractivity contribution in [1.82, 2.24) is 0 Å². The van der Waals surface area contributed by atoms with E-state index in [0.29, 0.717) is 19.3 Å². The third-order valence-corrected chi connectivity index (χ3v) is 11.2. The highest BCUT2D eigenvalue weighted by Crippen LogP contribution is 2.13. The zero-order chi connectivity index (χ0) is 48.6. The molecule has 0 fully saturated rings.